The van der Waals surface area contributed by atoms with Crippen molar-refractivity contribution in [2.75, 3.05) is 13.1 Å². The molecule has 4 heteroatoms. The molecule has 0 bridgehead atoms. The van der Waals surface area contributed by atoms with Gasteiger partial charge in [-0.1, -0.05) is 13.3 Å². The van der Waals surface area contributed by atoms with Crippen molar-refractivity contribution < 1.29 is 8.78 Å². The van der Waals surface area contributed by atoms with Crippen LogP contribution in [0.1, 0.15) is 32.3 Å². The second-order valence-electron chi connectivity index (χ2n) is 5.41. The van der Waals surface area contributed by atoms with E-state index in [9.17, 15) is 8.78 Å². The lowest BCUT2D eigenvalue weighted by atomic mass is 10.0. The molecule has 0 aliphatic carbocycles. The molecule has 0 saturated carbocycles. The normalized spacial score (nSPS) is 24.6. The van der Waals surface area contributed by atoms with E-state index in [0.29, 0.717) is 24.2 Å². The first-order valence-electron chi connectivity index (χ1n) is 7.01. The molecule has 106 valence electrons. The first kappa shape index (κ1) is 14.4. The van der Waals surface area contributed by atoms with Crippen LogP contribution in [0.2, 0.25) is 0 Å². The predicted octanol–water partition coefficient (Wildman–Crippen LogP) is 2.93. The molecule has 2 unspecified atom stereocenters. The smallest absolute Gasteiger partial charge is 0.127 e. The number of hydrogen-bond acceptors (Lipinski definition) is 2. The van der Waals surface area contributed by atoms with Gasteiger partial charge in [0.05, 0.1) is 0 Å². The van der Waals surface area contributed by atoms with Gasteiger partial charge in [-0.05, 0) is 31.5 Å². The molecular formula is C15H22F2N2. The molecule has 1 aromatic carbocycles. The van der Waals surface area contributed by atoms with E-state index in [0.717, 1.165) is 25.9 Å². The van der Waals surface area contributed by atoms with Gasteiger partial charge in [-0.2, -0.15) is 0 Å². The molecule has 0 radical (unpaired) electrons. The van der Waals surface area contributed by atoms with E-state index < -0.39 is 0 Å². The molecule has 2 nitrogen and oxygen atoms in total. The van der Waals surface area contributed by atoms with Crippen LogP contribution in [0.15, 0.2) is 18.2 Å². The van der Waals surface area contributed by atoms with Gasteiger partial charge in [0.2, 0.25) is 0 Å². The molecular weight excluding hydrogens is 246 g/mol. The topological polar surface area (TPSA) is 15.3 Å². The van der Waals surface area contributed by atoms with E-state index in [1.807, 2.05) is 0 Å². The molecule has 1 aromatic rings. The van der Waals surface area contributed by atoms with Gasteiger partial charge in [-0.3, -0.25) is 4.90 Å². The molecule has 1 aliphatic heterocycles. The average molecular weight is 268 g/mol. The van der Waals surface area contributed by atoms with E-state index >= 15 is 0 Å². The first-order valence-corrected chi connectivity index (χ1v) is 7.01. The molecule has 0 amide bonds. The Labute approximate surface area is 113 Å². The highest BCUT2D eigenvalue weighted by Gasteiger charge is 2.25. The molecule has 1 saturated heterocycles. The molecule has 0 spiro atoms. The van der Waals surface area contributed by atoms with Crippen molar-refractivity contribution in [3.8, 4) is 0 Å². The van der Waals surface area contributed by atoms with Crippen LogP contribution >= 0.6 is 0 Å². The van der Waals surface area contributed by atoms with Crippen molar-refractivity contribution in [1.82, 2.24) is 10.2 Å². The molecule has 2 rings (SSSR count). The minimum Gasteiger partial charge on any atom is -0.311 e. The molecule has 1 N–H and O–H groups in total. The summed E-state index contributed by atoms with van der Waals surface area (Å²) in [5.74, 6) is -0.691. The van der Waals surface area contributed by atoms with Gasteiger partial charge < -0.3 is 5.32 Å². The van der Waals surface area contributed by atoms with Crippen molar-refractivity contribution in [2.24, 2.45) is 0 Å². The van der Waals surface area contributed by atoms with Crippen molar-refractivity contribution in [2.45, 2.75) is 45.3 Å². The van der Waals surface area contributed by atoms with Crippen LogP contribution in [0.5, 0.6) is 0 Å². The lowest BCUT2D eigenvalue weighted by Gasteiger charge is -2.39. The lowest BCUT2D eigenvalue weighted by molar-refractivity contribution is 0.128. The van der Waals surface area contributed by atoms with E-state index in [4.69, 9.17) is 0 Å². The largest absolute Gasteiger partial charge is 0.311 e. The number of nitrogens with zero attached hydrogens (tertiary/aromatic N) is 1. The minimum absolute atomic E-state index is 0.320. The summed E-state index contributed by atoms with van der Waals surface area (Å²) in [5.41, 5.74) is 0.448. The predicted molar refractivity (Wildman–Crippen MR) is 72.9 cm³/mol. The van der Waals surface area contributed by atoms with Crippen molar-refractivity contribution in [1.29, 1.82) is 0 Å². The summed E-state index contributed by atoms with van der Waals surface area (Å²) in [5, 5.41) is 3.50. The van der Waals surface area contributed by atoms with Gasteiger partial charge in [-0.25, -0.2) is 8.78 Å². The van der Waals surface area contributed by atoms with E-state index in [2.05, 4.69) is 24.1 Å². The van der Waals surface area contributed by atoms with Crippen molar-refractivity contribution >= 4 is 0 Å². The third-order valence-electron chi connectivity index (χ3n) is 3.80. The molecule has 1 aliphatic rings. The van der Waals surface area contributed by atoms with Crippen LogP contribution in [0.4, 0.5) is 8.78 Å². The lowest BCUT2D eigenvalue weighted by Crippen LogP contribution is -2.54. The molecule has 19 heavy (non-hydrogen) atoms. The molecule has 1 heterocycles. The van der Waals surface area contributed by atoms with Gasteiger partial charge in [0.15, 0.2) is 0 Å². The Kier molecular flexibility index (Phi) is 4.88. The Balaban J connectivity index is 2.05. The Morgan fingerprint density at radius 1 is 1.37 bits per heavy atom. The van der Waals surface area contributed by atoms with Gasteiger partial charge in [0.1, 0.15) is 11.6 Å². The van der Waals surface area contributed by atoms with Gasteiger partial charge in [-0.15, -0.1) is 0 Å². The Morgan fingerprint density at radius 2 is 2.16 bits per heavy atom. The second kappa shape index (κ2) is 6.44. The van der Waals surface area contributed by atoms with Crippen LogP contribution in [0.25, 0.3) is 0 Å². The van der Waals surface area contributed by atoms with Crippen molar-refractivity contribution in [3.05, 3.63) is 35.4 Å². The maximum absolute atomic E-state index is 13.7. The SMILES string of the molecule is CCCC1CN(Cc2cc(F)ccc2F)C(C)CN1. The van der Waals surface area contributed by atoms with Crippen LogP contribution < -0.4 is 5.32 Å². The average Bonchev–Trinajstić information content (AvgIpc) is 2.38. The summed E-state index contributed by atoms with van der Waals surface area (Å²) in [6.07, 6.45) is 2.25. The molecule has 0 aromatic heterocycles. The van der Waals surface area contributed by atoms with Crippen LogP contribution in [-0.4, -0.2) is 30.1 Å². The zero-order chi connectivity index (χ0) is 13.8. The highest BCUT2D eigenvalue weighted by atomic mass is 19.1. The molecule has 1 fully saturated rings. The maximum Gasteiger partial charge on any atom is 0.127 e. The van der Waals surface area contributed by atoms with Crippen molar-refractivity contribution in [3.63, 3.8) is 0 Å². The number of rotatable bonds is 4. The number of piperazine rings is 1. The molecule has 2 atom stereocenters. The zero-order valence-corrected chi connectivity index (χ0v) is 11.6. The number of hydrogen-bond donors (Lipinski definition) is 1. The Hall–Kier alpha value is -1.00. The highest BCUT2D eigenvalue weighted by Crippen LogP contribution is 2.17. The third kappa shape index (κ3) is 3.74. The monoisotopic (exact) mass is 268 g/mol. The van der Waals surface area contributed by atoms with Crippen LogP contribution in [0.3, 0.4) is 0 Å². The first-order chi connectivity index (χ1) is 9.10. The summed E-state index contributed by atoms with van der Waals surface area (Å²) >= 11 is 0. The van der Waals surface area contributed by atoms with Gasteiger partial charge in [0, 0.05) is 37.3 Å². The maximum atomic E-state index is 13.7. The fourth-order valence-corrected chi connectivity index (χ4v) is 2.64. The Bertz CT molecular complexity index is 423. The number of halogens is 2. The standard InChI is InChI=1S/C15H22F2N2/c1-3-4-14-10-19(11(2)8-18-14)9-12-7-13(16)5-6-15(12)17/h5-7,11,14,18H,3-4,8-10H2,1-2H3. The number of benzene rings is 1. The van der Waals surface area contributed by atoms with Crippen LogP contribution in [0, 0.1) is 11.6 Å². The van der Waals surface area contributed by atoms with E-state index in [1.165, 1.54) is 18.2 Å². The Morgan fingerprint density at radius 3 is 2.89 bits per heavy atom. The van der Waals surface area contributed by atoms with Gasteiger partial charge >= 0.3 is 0 Å². The quantitative estimate of drug-likeness (QED) is 0.903. The zero-order valence-electron chi connectivity index (χ0n) is 11.6. The third-order valence-corrected chi connectivity index (χ3v) is 3.80. The highest BCUT2D eigenvalue weighted by molar-refractivity contribution is 5.18. The van der Waals surface area contributed by atoms with E-state index in [1.54, 1.807) is 0 Å². The van der Waals surface area contributed by atoms with Crippen LogP contribution in [-0.2, 0) is 6.54 Å². The second-order valence-corrected chi connectivity index (χ2v) is 5.41. The summed E-state index contributed by atoms with van der Waals surface area (Å²) < 4.78 is 26.9. The fourth-order valence-electron chi connectivity index (χ4n) is 2.64. The summed E-state index contributed by atoms with van der Waals surface area (Å²) in [7, 11) is 0. The summed E-state index contributed by atoms with van der Waals surface area (Å²) in [6, 6.07) is 4.48. The number of nitrogens with one attached hydrogen (secondary N) is 1. The minimum atomic E-state index is -0.371. The van der Waals surface area contributed by atoms with E-state index in [-0.39, 0.29) is 11.6 Å². The van der Waals surface area contributed by atoms with Gasteiger partial charge in [0.25, 0.3) is 0 Å². The summed E-state index contributed by atoms with van der Waals surface area (Å²) in [4.78, 5) is 2.23. The fraction of sp³-hybridized carbons (Fsp3) is 0.600. The summed E-state index contributed by atoms with van der Waals surface area (Å²) in [6.45, 7) is 6.56.